The Kier molecular flexibility index (Phi) is 2.75. The molecular weight excluding hydrogens is 323 g/mol. The van der Waals surface area contributed by atoms with Gasteiger partial charge in [-0.3, -0.25) is 0 Å². The molecule has 2 atom stereocenters. The zero-order valence-corrected chi connectivity index (χ0v) is 14.1. The Labute approximate surface area is 145 Å². The molecule has 6 rings (SSSR count). The lowest BCUT2D eigenvalue weighted by Crippen LogP contribution is -2.28. The van der Waals surface area contributed by atoms with Crippen LogP contribution in [0.25, 0.3) is 0 Å². The minimum absolute atomic E-state index is 0.187. The molecule has 3 aromatic rings. The molecule has 3 aliphatic carbocycles. The fourth-order valence-corrected chi connectivity index (χ4v) is 5.04. The second kappa shape index (κ2) is 4.63. The summed E-state index contributed by atoms with van der Waals surface area (Å²) in [4.78, 5) is 0. The first-order valence-electron chi connectivity index (χ1n) is 7.84. The third-order valence-electron chi connectivity index (χ3n) is 5.33. The van der Waals surface area contributed by atoms with E-state index >= 15 is 0 Å². The van der Waals surface area contributed by atoms with E-state index in [1.807, 2.05) is 18.2 Å². The highest BCUT2D eigenvalue weighted by molar-refractivity contribution is 6.32. The van der Waals surface area contributed by atoms with E-state index in [4.69, 9.17) is 23.2 Å². The Morgan fingerprint density at radius 2 is 1.26 bits per heavy atom. The highest BCUT2D eigenvalue weighted by Crippen LogP contribution is 2.59. The SMILES string of the molecule is Cc1ccc(Cl)c2c1C1c3ccccc3C2c2cccc(Cl)c21. The Morgan fingerprint density at radius 3 is 2.04 bits per heavy atom. The van der Waals surface area contributed by atoms with E-state index < -0.39 is 0 Å². The lowest BCUT2D eigenvalue weighted by atomic mass is 9.60. The molecule has 0 heterocycles. The van der Waals surface area contributed by atoms with Crippen LogP contribution in [-0.4, -0.2) is 0 Å². The van der Waals surface area contributed by atoms with Crippen LogP contribution in [0.4, 0.5) is 0 Å². The zero-order chi connectivity index (χ0) is 15.7. The zero-order valence-electron chi connectivity index (χ0n) is 12.6. The lowest BCUT2D eigenvalue weighted by molar-refractivity contribution is 0.749. The number of rotatable bonds is 0. The van der Waals surface area contributed by atoms with Gasteiger partial charge in [0, 0.05) is 21.9 Å². The van der Waals surface area contributed by atoms with Crippen molar-refractivity contribution in [2.24, 2.45) is 0 Å². The largest absolute Gasteiger partial charge is 0.0840 e. The second-order valence-corrected chi connectivity index (χ2v) is 7.24. The fourth-order valence-electron chi connectivity index (χ4n) is 4.48. The Hall–Kier alpha value is -1.76. The van der Waals surface area contributed by atoms with Gasteiger partial charge in [-0.05, 0) is 58.0 Å². The number of aryl methyl sites for hydroxylation is 1. The van der Waals surface area contributed by atoms with Crippen molar-refractivity contribution in [3.8, 4) is 0 Å². The van der Waals surface area contributed by atoms with Gasteiger partial charge in [0.2, 0.25) is 0 Å². The highest BCUT2D eigenvalue weighted by Gasteiger charge is 2.43. The Morgan fingerprint density at radius 1 is 0.609 bits per heavy atom. The van der Waals surface area contributed by atoms with Crippen LogP contribution in [0.5, 0.6) is 0 Å². The molecule has 2 bridgehead atoms. The molecular formula is C21H14Cl2. The molecule has 0 nitrogen and oxygen atoms in total. The highest BCUT2D eigenvalue weighted by atomic mass is 35.5. The predicted octanol–water partition coefficient (Wildman–Crippen LogP) is 6.29. The molecule has 3 aliphatic rings. The van der Waals surface area contributed by atoms with Crippen LogP contribution >= 0.6 is 23.2 Å². The summed E-state index contributed by atoms with van der Waals surface area (Å²) in [5.41, 5.74) is 9.21. The van der Waals surface area contributed by atoms with E-state index in [9.17, 15) is 0 Å². The smallest absolute Gasteiger partial charge is 0.0450 e. The van der Waals surface area contributed by atoms with Gasteiger partial charge >= 0.3 is 0 Å². The number of hydrogen-bond donors (Lipinski definition) is 0. The van der Waals surface area contributed by atoms with Crippen LogP contribution in [0.3, 0.4) is 0 Å². The first-order valence-corrected chi connectivity index (χ1v) is 8.60. The monoisotopic (exact) mass is 336 g/mol. The molecule has 0 saturated heterocycles. The van der Waals surface area contributed by atoms with Crippen LogP contribution in [0.15, 0.2) is 54.6 Å². The summed E-state index contributed by atoms with van der Waals surface area (Å²) in [6, 6.07) is 19.1. The summed E-state index contributed by atoms with van der Waals surface area (Å²) in [5, 5.41) is 1.72. The van der Waals surface area contributed by atoms with E-state index in [-0.39, 0.29) is 11.8 Å². The van der Waals surface area contributed by atoms with E-state index in [0.29, 0.717) is 0 Å². The summed E-state index contributed by atoms with van der Waals surface area (Å²) < 4.78 is 0. The third kappa shape index (κ3) is 1.63. The van der Waals surface area contributed by atoms with Gasteiger partial charge in [0.25, 0.3) is 0 Å². The summed E-state index contributed by atoms with van der Waals surface area (Å²) >= 11 is 13.3. The van der Waals surface area contributed by atoms with Crippen molar-refractivity contribution in [2.45, 2.75) is 18.8 Å². The first kappa shape index (κ1) is 13.7. The van der Waals surface area contributed by atoms with Gasteiger partial charge in [-0.2, -0.15) is 0 Å². The standard InChI is InChI=1S/C21H14Cl2/c1-11-9-10-16(23)21-17(11)20-13-6-3-2-5-12(13)18(21)14-7-4-8-15(22)19(14)20/h2-10,18,20H,1H3. The molecule has 0 N–H and O–H groups in total. The van der Waals surface area contributed by atoms with Crippen molar-refractivity contribution in [2.75, 3.05) is 0 Å². The average Bonchev–Trinajstić information content (AvgIpc) is 2.58. The average molecular weight is 337 g/mol. The van der Waals surface area contributed by atoms with Crippen molar-refractivity contribution < 1.29 is 0 Å². The van der Waals surface area contributed by atoms with Crippen LogP contribution in [0.1, 0.15) is 50.8 Å². The summed E-state index contributed by atoms with van der Waals surface area (Å²) in [6.45, 7) is 2.18. The second-order valence-electron chi connectivity index (χ2n) is 6.43. The van der Waals surface area contributed by atoms with Gasteiger partial charge in [-0.15, -0.1) is 0 Å². The predicted molar refractivity (Wildman–Crippen MR) is 96.0 cm³/mol. The molecule has 0 saturated carbocycles. The molecule has 2 heteroatoms. The van der Waals surface area contributed by atoms with Gasteiger partial charge in [0.05, 0.1) is 0 Å². The van der Waals surface area contributed by atoms with Crippen molar-refractivity contribution in [1.82, 2.24) is 0 Å². The third-order valence-corrected chi connectivity index (χ3v) is 5.99. The Bertz CT molecular complexity index is 972. The molecule has 0 radical (unpaired) electrons. The maximum absolute atomic E-state index is 6.65. The molecule has 0 fully saturated rings. The molecule has 2 unspecified atom stereocenters. The summed E-state index contributed by atoms with van der Waals surface area (Å²) in [6.07, 6.45) is 0. The van der Waals surface area contributed by atoms with Gasteiger partial charge in [-0.1, -0.05) is 65.7 Å². The van der Waals surface area contributed by atoms with Crippen LogP contribution in [0, 0.1) is 6.92 Å². The van der Waals surface area contributed by atoms with Gasteiger partial charge in [0.1, 0.15) is 0 Å². The van der Waals surface area contributed by atoms with Gasteiger partial charge in [-0.25, -0.2) is 0 Å². The Balaban J connectivity index is 1.98. The maximum Gasteiger partial charge on any atom is 0.0450 e. The normalized spacial score (nSPS) is 20.0. The van der Waals surface area contributed by atoms with Crippen molar-refractivity contribution in [3.05, 3.63) is 104 Å². The topological polar surface area (TPSA) is 0 Å². The van der Waals surface area contributed by atoms with Gasteiger partial charge in [0.15, 0.2) is 0 Å². The van der Waals surface area contributed by atoms with Crippen molar-refractivity contribution >= 4 is 23.2 Å². The van der Waals surface area contributed by atoms with E-state index in [2.05, 4.69) is 43.3 Å². The van der Waals surface area contributed by atoms with E-state index in [1.165, 1.54) is 38.9 Å². The molecule has 23 heavy (non-hydrogen) atoms. The molecule has 0 spiro atoms. The number of benzene rings is 3. The minimum Gasteiger partial charge on any atom is -0.0840 e. The fraction of sp³-hybridized carbons (Fsp3) is 0.143. The number of hydrogen-bond acceptors (Lipinski definition) is 0. The minimum atomic E-state index is 0.187. The molecule has 0 aromatic heterocycles. The van der Waals surface area contributed by atoms with Gasteiger partial charge < -0.3 is 0 Å². The lowest BCUT2D eigenvalue weighted by Gasteiger charge is -2.43. The molecule has 112 valence electrons. The number of halogens is 2. The molecule has 0 aliphatic heterocycles. The van der Waals surface area contributed by atoms with E-state index in [0.717, 1.165) is 10.0 Å². The van der Waals surface area contributed by atoms with Crippen molar-refractivity contribution in [1.29, 1.82) is 0 Å². The maximum atomic E-state index is 6.65. The quantitative estimate of drug-likeness (QED) is 0.311. The molecule has 0 amide bonds. The first-order chi connectivity index (χ1) is 11.2. The van der Waals surface area contributed by atoms with Crippen LogP contribution in [-0.2, 0) is 0 Å². The van der Waals surface area contributed by atoms with Crippen molar-refractivity contribution in [3.63, 3.8) is 0 Å². The van der Waals surface area contributed by atoms with E-state index in [1.54, 1.807) is 0 Å². The summed E-state index contributed by atoms with van der Waals surface area (Å²) in [7, 11) is 0. The summed E-state index contributed by atoms with van der Waals surface area (Å²) in [5.74, 6) is 0.376. The molecule has 3 aromatic carbocycles. The van der Waals surface area contributed by atoms with Crippen LogP contribution in [0.2, 0.25) is 10.0 Å². The van der Waals surface area contributed by atoms with Crippen LogP contribution < -0.4 is 0 Å².